The second-order valence-electron chi connectivity index (χ2n) is 10.8. The molecule has 3 N–H and O–H groups in total. The minimum atomic E-state index is -0.828. The molecule has 3 aromatic carbocycles. The lowest BCUT2D eigenvalue weighted by molar-refractivity contribution is -0.112. The van der Waals surface area contributed by atoms with Crippen molar-refractivity contribution < 1.29 is 14.3 Å². The molecule has 0 saturated heterocycles. The Kier molecular flexibility index (Phi) is 7.09. The fourth-order valence-corrected chi connectivity index (χ4v) is 4.41. The van der Waals surface area contributed by atoms with E-state index in [0.717, 1.165) is 29.5 Å². The Morgan fingerprint density at radius 3 is 2.45 bits per heavy atom. The van der Waals surface area contributed by atoms with Gasteiger partial charge in [0.25, 0.3) is 11.7 Å². The van der Waals surface area contributed by atoms with Crippen molar-refractivity contribution >= 4 is 45.6 Å². The number of anilines is 4. The molecule has 202 valence electrons. The Morgan fingerprint density at radius 1 is 1.02 bits per heavy atom. The van der Waals surface area contributed by atoms with E-state index < -0.39 is 11.7 Å². The minimum absolute atomic E-state index is 0.210. The molecule has 0 atom stereocenters. The van der Waals surface area contributed by atoms with Crippen LogP contribution in [0, 0.1) is 11.3 Å². The van der Waals surface area contributed by atoms with Gasteiger partial charge in [-0.25, -0.2) is 4.98 Å². The molecule has 1 aliphatic carbocycles. The van der Waals surface area contributed by atoms with Crippen LogP contribution in [0.4, 0.5) is 23.1 Å². The van der Waals surface area contributed by atoms with Gasteiger partial charge >= 0.3 is 0 Å². The van der Waals surface area contributed by atoms with Crippen molar-refractivity contribution in [1.29, 1.82) is 5.26 Å². The number of hydrogen-bond donors (Lipinski definition) is 3. The van der Waals surface area contributed by atoms with Crippen LogP contribution in [0.1, 0.15) is 55.1 Å². The zero-order chi connectivity index (χ0) is 28.4. The zero-order valence-electron chi connectivity index (χ0n) is 22.8. The van der Waals surface area contributed by atoms with Gasteiger partial charge in [0.2, 0.25) is 5.95 Å². The van der Waals surface area contributed by atoms with E-state index in [1.54, 1.807) is 42.6 Å². The van der Waals surface area contributed by atoms with Crippen molar-refractivity contribution in [3.63, 3.8) is 0 Å². The normalized spacial score (nSPS) is 12.9. The molecule has 40 heavy (non-hydrogen) atoms. The van der Waals surface area contributed by atoms with Gasteiger partial charge in [-0.05, 0) is 59.5 Å². The molecule has 1 aliphatic rings. The summed E-state index contributed by atoms with van der Waals surface area (Å²) in [4.78, 5) is 35.5. The number of Topliss-reactive ketones (excluding diaryl/α,β-unsaturated/α-hetero) is 1. The summed E-state index contributed by atoms with van der Waals surface area (Å²) in [5.41, 5.74) is 2.07. The smallest absolute Gasteiger partial charge is 0.296 e. The third-order valence-electron chi connectivity index (χ3n) is 6.73. The molecule has 0 bridgehead atoms. The first kappa shape index (κ1) is 26.6. The van der Waals surface area contributed by atoms with Gasteiger partial charge in [0.05, 0.1) is 18.4 Å². The fourth-order valence-electron chi connectivity index (χ4n) is 4.41. The molecule has 1 fully saturated rings. The number of fused-ring (bicyclic) bond motifs is 1. The number of carbonyl (C=O) groups excluding carboxylic acids is 2. The van der Waals surface area contributed by atoms with Gasteiger partial charge in [0, 0.05) is 28.9 Å². The molecule has 9 nitrogen and oxygen atoms in total. The summed E-state index contributed by atoms with van der Waals surface area (Å²) >= 11 is 0. The van der Waals surface area contributed by atoms with Crippen LogP contribution in [0.25, 0.3) is 10.8 Å². The van der Waals surface area contributed by atoms with E-state index in [-0.39, 0.29) is 28.0 Å². The molecule has 0 spiro atoms. The maximum Gasteiger partial charge on any atom is 0.296 e. The molecule has 1 saturated carbocycles. The molecule has 0 aliphatic heterocycles. The number of hydrogen-bond acceptors (Lipinski definition) is 8. The first-order valence-electron chi connectivity index (χ1n) is 13.0. The van der Waals surface area contributed by atoms with Gasteiger partial charge in [-0.15, -0.1) is 0 Å². The maximum atomic E-state index is 13.5. The van der Waals surface area contributed by atoms with Gasteiger partial charge in [-0.1, -0.05) is 45.0 Å². The van der Waals surface area contributed by atoms with E-state index in [9.17, 15) is 14.9 Å². The van der Waals surface area contributed by atoms with Crippen molar-refractivity contribution in [2.45, 2.75) is 45.1 Å². The van der Waals surface area contributed by atoms with E-state index in [0.29, 0.717) is 23.2 Å². The summed E-state index contributed by atoms with van der Waals surface area (Å²) < 4.78 is 5.43. The Bertz CT molecular complexity index is 1660. The Hall–Kier alpha value is -4.97. The van der Waals surface area contributed by atoms with Crippen molar-refractivity contribution in [3.8, 4) is 11.8 Å². The first-order chi connectivity index (χ1) is 19.2. The summed E-state index contributed by atoms with van der Waals surface area (Å²) in [6, 6.07) is 18.5. The summed E-state index contributed by atoms with van der Waals surface area (Å²) in [6.45, 7) is 6.00. The largest absolute Gasteiger partial charge is 0.493 e. The average Bonchev–Trinajstić information content (AvgIpc) is 3.76. The molecule has 1 aromatic heterocycles. The van der Waals surface area contributed by atoms with Crippen molar-refractivity contribution in [2.24, 2.45) is 0 Å². The Balaban J connectivity index is 1.44. The molecule has 4 aromatic rings. The van der Waals surface area contributed by atoms with Crippen LogP contribution < -0.4 is 20.7 Å². The molecule has 0 unspecified atom stereocenters. The van der Waals surface area contributed by atoms with E-state index in [1.807, 2.05) is 39.0 Å². The Labute approximate surface area is 232 Å². The van der Waals surface area contributed by atoms with Crippen molar-refractivity contribution in [1.82, 2.24) is 9.97 Å². The highest BCUT2D eigenvalue weighted by atomic mass is 16.5. The molecule has 1 amide bonds. The predicted octanol–water partition coefficient (Wildman–Crippen LogP) is 5.95. The fraction of sp³-hybridized carbons (Fsp3) is 0.258. The van der Waals surface area contributed by atoms with Crippen LogP contribution >= 0.6 is 0 Å². The van der Waals surface area contributed by atoms with Crippen LogP contribution in [0.2, 0.25) is 0 Å². The van der Waals surface area contributed by atoms with Crippen LogP contribution in [0.15, 0.2) is 60.8 Å². The number of amides is 1. The number of nitrogens with one attached hydrogen (secondary N) is 3. The second kappa shape index (κ2) is 10.7. The monoisotopic (exact) mass is 534 g/mol. The van der Waals surface area contributed by atoms with Gasteiger partial charge in [-0.3, -0.25) is 9.59 Å². The SMILES string of the molecule is COc1c(C#N)cc(C(C)(C)C)cc1NC(=O)C(=O)c1ccc(Nc2ccnc(NC3CC3)n2)c2ccccc12. The summed E-state index contributed by atoms with van der Waals surface area (Å²) in [7, 11) is 1.42. The highest BCUT2D eigenvalue weighted by Crippen LogP contribution is 2.35. The predicted molar refractivity (Wildman–Crippen MR) is 155 cm³/mol. The number of ether oxygens (including phenoxy) is 1. The van der Waals surface area contributed by atoms with Crippen molar-refractivity contribution in [3.05, 3.63) is 77.5 Å². The van der Waals surface area contributed by atoms with Gasteiger partial charge in [0.15, 0.2) is 5.75 Å². The van der Waals surface area contributed by atoms with Crippen molar-refractivity contribution in [2.75, 3.05) is 23.1 Å². The van der Waals surface area contributed by atoms with Crippen LogP contribution in [-0.2, 0) is 10.2 Å². The van der Waals surface area contributed by atoms with E-state index in [2.05, 4.69) is 32.0 Å². The number of nitrogens with zero attached hydrogens (tertiary/aromatic N) is 3. The van der Waals surface area contributed by atoms with E-state index in [1.165, 1.54) is 7.11 Å². The summed E-state index contributed by atoms with van der Waals surface area (Å²) in [5, 5.41) is 20.3. The number of carbonyl (C=O) groups is 2. The number of methoxy groups -OCH3 is 1. The average molecular weight is 535 g/mol. The molecular formula is C31H30N6O3. The van der Waals surface area contributed by atoms with Gasteiger partial charge in [-0.2, -0.15) is 10.2 Å². The second-order valence-corrected chi connectivity index (χ2v) is 10.8. The third kappa shape index (κ3) is 5.57. The van der Waals surface area contributed by atoms with E-state index >= 15 is 0 Å². The number of rotatable bonds is 8. The zero-order valence-corrected chi connectivity index (χ0v) is 22.8. The van der Waals surface area contributed by atoms with Gasteiger partial charge in [0.1, 0.15) is 11.9 Å². The highest BCUT2D eigenvalue weighted by molar-refractivity contribution is 6.48. The number of nitriles is 1. The highest BCUT2D eigenvalue weighted by Gasteiger charge is 2.25. The number of ketones is 1. The molecule has 1 heterocycles. The van der Waals surface area contributed by atoms with E-state index in [4.69, 9.17) is 4.74 Å². The third-order valence-corrected chi connectivity index (χ3v) is 6.73. The molecule has 9 heteroatoms. The lowest BCUT2D eigenvalue weighted by Gasteiger charge is -2.22. The van der Waals surface area contributed by atoms with Crippen LogP contribution in [-0.4, -0.2) is 34.8 Å². The lowest BCUT2D eigenvalue weighted by atomic mass is 9.85. The minimum Gasteiger partial charge on any atom is -0.493 e. The maximum absolute atomic E-state index is 13.5. The summed E-state index contributed by atoms with van der Waals surface area (Å²) in [5.74, 6) is -0.153. The quantitative estimate of drug-likeness (QED) is 0.187. The number of aromatic nitrogens is 2. The summed E-state index contributed by atoms with van der Waals surface area (Å²) in [6.07, 6.45) is 3.91. The first-order valence-corrected chi connectivity index (χ1v) is 13.0. The lowest BCUT2D eigenvalue weighted by Crippen LogP contribution is -2.24. The number of benzene rings is 3. The molecular weight excluding hydrogens is 504 g/mol. The topological polar surface area (TPSA) is 129 Å². The van der Waals surface area contributed by atoms with Crippen LogP contribution in [0.3, 0.4) is 0 Å². The molecule has 0 radical (unpaired) electrons. The Morgan fingerprint density at radius 2 is 1.77 bits per heavy atom. The standard InChI is InChI=1S/C31H30N6O3/c1-31(2,3)19-15-18(17-32)28(40-4)25(16-19)36-29(39)27(38)23-11-12-24(22-8-6-5-7-21(22)23)35-26-13-14-33-30(37-26)34-20-9-10-20/h5-8,11-16,20H,9-10H2,1-4H3,(H,36,39)(H2,33,34,35,37). The molecule has 5 rings (SSSR count). The van der Waals surface area contributed by atoms with Crippen LogP contribution in [0.5, 0.6) is 5.75 Å². The van der Waals surface area contributed by atoms with Gasteiger partial charge < -0.3 is 20.7 Å².